The molecule has 0 amide bonds. The summed E-state index contributed by atoms with van der Waals surface area (Å²) >= 11 is 0. The minimum absolute atomic E-state index is 0.408. The second-order valence-corrected chi connectivity index (χ2v) is 4.76. The van der Waals surface area contributed by atoms with Crippen molar-refractivity contribution in [2.45, 2.75) is 20.4 Å². The largest absolute Gasteiger partial charge is 0.460 e. The number of aromatic nitrogens is 2. The van der Waals surface area contributed by atoms with Gasteiger partial charge in [0.2, 0.25) is 0 Å². The van der Waals surface area contributed by atoms with Crippen LogP contribution in [-0.4, -0.2) is 9.78 Å². The molecule has 0 radical (unpaired) electrons. The van der Waals surface area contributed by atoms with Crippen molar-refractivity contribution in [3.8, 4) is 17.0 Å². The molecule has 0 aliphatic heterocycles. The van der Waals surface area contributed by atoms with Crippen molar-refractivity contribution in [2.75, 3.05) is 0 Å². The van der Waals surface area contributed by atoms with Crippen LogP contribution in [0.1, 0.15) is 17.1 Å². The van der Waals surface area contributed by atoms with Crippen molar-refractivity contribution in [2.24, 2.45) is 5.73 Å². The zero-order valence-electron chi connectivity index (χ0n) is 11.6. The lowest BCUT2D eigenvalue weighted by Gasteiger charge is -2.04. The molecule has 0 unspecified atom stereocenters. The Labute approximate surface area is 117 Å². The predicted molar refractivity (Wildman–Crippen MR) is 78.6 cm³/mol. The van der Waals surface area contributed by atoms with E-state index >= 15 is 0 Å². The second-order valence-electron chi connectivity index (χ2n) is 4.76. The topological polar surface area (TPSA) is 57.0 Å². The molecule has 2 aromatic heterocycles. The van der Waals surface area contributed by atoms with Crippen LogP contribution in [0.4, 0.5) is 0 Å². The highest BCUT2D eigenvalue weighted by molar-refractivity contribution is 5.64. The van der Waals surface area contributed by atoms with Crippen molar-refractivity contribution < 1.29 is 4.42 Å². The number of nitrogens with two attached hydrogens (primary N) is 1. The third-order valence-electron chi connectivity index (χ3n) is 3.40. The summed E-state index contributed by atoms with van der Waals surface area (Å²) in [6.07, 6.45) is 0. The lowest BCUT2D eigenvalue weighted by Crippen LogP contribution is -1.98. The predicted octanol–water partition coefficient (Wildman–Crippen LogP) is 3.21. The van der Waals surface area contributed by atoms with E-state index in [1.165, 1.54) is 0 Å². The van der Waals surface area contributed by atoms with Crippen LogP contribution in [0.15, 0.2) is 46.9 Å². The maximum absolute atomic E-state index is 5.75. The Morgan fingerprint density at radius 1 is 1.10 bits per heavy atom. The number of hydrogen-bond donors (Lipinski definition) is 1. The van der Waals surface area contributed by atoms with Gasteiger partial charge in [-0.2, -0.15) is 5.10 Å². The van der Waals surface area contributed by atoms with Crippen LogP contribution in [0.5, 0.6) is 0 Å². The fourth-order valence-corrected chi connectivity index (χ4v) is 2.44. The molecule has 2 heterocycles. The van der Waals surface area contributed by atoms with Crippen LogP contribution in [0.3, 0.4) is 0 Å². The van der Waals surface area contributed by atoms with E-state index in [0.29, 0.717) is 6.54 Å². The average molecular weight is 267 g/mol. The van der Waals surface area contributed by atoms with Crippen LogP contribution in [0.25, 0.3) is 17.0 Å². The molecule has 0 saturated carbocycles. The van der Waals surface area contributed by atoms with Gasteiger partial charge in [-0.1, -0.05) is 18.2 Å². The van der Waals surface area contributed by atoms with Gasteiger partial charge in [-0.05, 0) is 38.1 Å². The molecule has 20 heavy (non-hydrogen) atoms. The number of furan rings is 1. The molecule has 0 atom stereocenters. The van der Waals surface area contributed by atoms with Gasteiger partial charge in [-0.15, -0.1) is 0 Å². The zero-order valence-corrected chi connectivity index (χ0v) is 11.6. The lowest BCUT2D eigenvalue weighted by molar-refractivity contribution is 0.525. The van der Waals surface area contributed by atoms with Crippen molar-refractivity contribution in [3.63, 3.8) is 0 Å². The number of para-hydroxylation sites is 1. The smallest absolute Gasteiger partial charge is 0.138 e. The molecule has 2 N–H and O–H groups in total. The van der Waals surface area contributed by atoms with E-state index in [1.807, 2.05) is 61.0 Å². The molecule has 3 rings (SSSR count). The van der Waals surface area contributed by atoms with Crippen LogP contribution >= 0.6 is 0 Å². The van der Waals surface area contributed by atoms with Gasteiger partial charge in [-0.3, -0.25) is 0 Å². The first kappa shape index (κ1) is 12.7. The van der Waals surface area contributed by atoms with E-state index < -0.39 is 0 Å². The molecule has 0 spiro atoms. The van der Waals surface area contributed by atoms with Gasteiger partial charge in [0.05, 0.1) is 29.2 Å². The van der Waals surface area contributed by atoms with Gasteiger partial charge >= 0.3 is 0 Å². The van der Waals surface area contributed by atoms with Gasteiger partial charge < -0.3 is 10.2 Å². The Hall–Kier alpha value is -2.33. The fraction of sp³-hybridized carbons (Fsp3) is 0.188. The standard InChI is InChI=1S/C16H17N3O/c1-11-16(15-9-8-14(10-17)20-15)12(2)19(18-11)13-6-4-3-5-7-13/h3-9H,10,17H2,1-2H3. The van der Waals surface area contributed by atoms with Crippen LogP contribution in [-0.2, 0) is 6.54 Å². The normalized spacial score (nSPS) is 10.9. The minimum atomic E-state index is 0.408. The SMILES string of the molecule is Cc1nn(-c2ccccc2)c(C)c1-c1ccc(CN)o1. The zero-order chi connectivity index (χ0) is 14.1. The molecule has 0 aliphatic carbocycles. The number of benzene rings is 1. The Bertz CT molecular complexity index is 726. The van der Waals surface area contributed by atoms with Gasteiger partial charge in [0.15, 0.2) is 0 Å². The van der Waals surface area contributed by atoms with E-state index in [1.54, 1.807) is 0 Å². The maximum atomic E-state index is 5.75. The highest BCUT2D eigenvalue weighted by Gasteiger charge is 2.17. The van der Waals surface area contributed by atoms with Gasteiger partial charge in [0.1, 0.15) is 11.5 Å². The third kappa shape index (κ3) is 2.04. The molecule has 1 aromatic carbocycles. The molecule has 0 fully saturated rings. The first-order chi connectivity index (χ1) is 9.70. The Kier molecular flexibility index (Phi) is 3.16. The summed E-state index contributed by atoms with van der Waals surface area (Å²) < 4.78 is 7.69. The summed E-state index contributed by atoms with van der Waals surface area (Å²) in [7, 11) is 0. The number of aryl methyl sites for hydroxylation is 1. The lowest BCUT2D eigenvalue weighted by atomic mass is 10.1. The van der Waals surface area contributed by atoms with Crippen molar-refractivity contribution in [3.05, 3.63) is 59.6 Å². The summed E-state index contributed by atoms with van der Waals surface area (Å²) in [5, 5.41) is 4.62. The highest BCUT2D eigenvalue weighted by atomic mass is 16.3. The molecule has 4 nitrogen and oxygen atoms in total. The van der Waals surface area contributed by atoms with Gasteiger partial charge in [0.25, 0.3) is 0 Å². The minimum Gasteiger partial charge on any atom is -0.460 e. The number of rotatable bonds is 3. The van der Waals surface area contributed by atoms with Gasteiger partial charge in [-0.25, -0.2) is 4.68 Å². The molecule has 3 aromatic rings. The molecular weight excluding hydrogens is 250 g/mol. The molecule has 0 bridgehead atoms. The Morgan fingerprint density at radius 2 is 1.85 bits per heavy atom. The average Bonchev–Trinajstić information content (AvgIpc) is 3.04. The molecule has 102 valence electrons. The first-order valence-electron chi connectivity index (χ1n) is 6.61. The van der Waals surface area contributed by atoms with Crippen LogP contribution in [0, 0.1) is 13.8 Å². The summed E-state index contributed by atoms with van der Waals surface area (Å²) in [5.74, 6) is 1.61. The third-order valence-corrected chi connectivity index (χ3v) is 3.40. The van der Waals surface area contributed by atoms with E-state index in [9.17, 15) is 0 Å². The fourth-order valence-electron chi connectivity index (χ4n) is 2.44. The van der Waals surface area contributed by atoms with Crippen molar-refractivity contribution in [1.82, 2.24) is 9.78 Å². The van der Waals surface area contributed by atoms with E-state index in [4.69, 9.17) is 10.2 Å². The number of hydrogen-bond acceptors (Lipinski definition) is 3. The maximum Gasteiger partial charge on any atom is 0.138 e. The summed E-state index contributed by atoms with van der Waals surface area (Å²) in [4.78, 5) is 0. The molecule has 0 aliphatic rings. The Balaban J connectivity index is 2.12. The van der Waals surface area contributed by atoms with Crippen molar-refractivity contribution >= 4 is 0 Å². The molecule has 4 heteroatoms. The van der Waals surface area contributed by atoms with E-state index in [-0.39, 0.29) is 0 Å². The summed E-state index contributed by atoms with van der Waals surface area (Å²) in [6.45, 7) is 4.45. The molecular formula is C16H17N3O. The van der Waals surface area contributed by atoms with Crippen molar-refractivity contribution in [1.29, 1.82) is 0 Å². The monoisotopic (exact) mass is 267 g/mol. The first-order valence-corrected chi connectivity index (χ1v) is 6.61. The van der Waals surface area contributed by atoms with E-state index in [2.05, 4.69) is 5.10 Å². The van der Waals surface area contributed by atoms with E-state index in [0.717, 1.165) is 34.2 Å². The van der Waals surface area contributed by atoms with Crippen LogP contribution in [0.2, 0.25) is 0 Å². The van der Waals surface area contributed by atoms with Gasteiger partial charge in [0, 0.05) is 0 Å². The highest BCUT2D eigenvalue weighted by Crippen LogP contribution is 2.30. The quantitative estimate of drug-likeness (QED) is 0.792. The molecule has 0 saturated heterocycles. The summed E-state index contributed by atoms with van der Waals surface area (Å²) in [5.41, 5.74) is 9.69. The number of nitrogens with zero attached hydrogens (tertiary/aromatic N) is 2. The summed E-state index contributed by atoms with van der Waals surface area (Å²) in [6, 6.07) is 13.9. The second kappa shape index (κ2) is 4.98. The Morgan fingerprint density at radius 3 is 2.50 bits per heavy atom. The van der Waals surface area contributed by atoms with Crippen LogP contribution < -0.4 is 5.73 Å².